The molecule has 0 radical (unpaired) electrons. The van der Waals surface area contributed by atoms with Crippen molar-refractivity contribution in [3.8, 4) is 0 Å². The molecule has 4 unspecified atom stereocenters. The number of aliphatic hydroxyl groups excluding tert-OH is 1. The van der Waals surface area contributed by atoms with E-state index in [4.69, 9.17) is 5.11 Å². The zero-order chi connectivity index (χ0) is 13.1. The van der Waals surface area contributed by atoms with Crippen molar-refractivity contribution in [1.82, 2.24) is 10.6 Å². The summed E-state index contributed by atoms with van der Waals surface area (Å²) in [7, 11) is 0. The molecular formula is C14H26N2O2. The van der Waals surface area contributed by atoms with Gasteiger partial charge in [0.2, 0.25) is 0 Å². The van der Waals surface area contributed by atoms with Crippen molar-refractivity contribution in [3.63, 3.8) is 0 Å². The Labute approximate surface area is 110 Å². The van der Waals surface area contributed by atoms with Gasteiger partial charge in [-0.2, -0.15) is 0 Å². The summed E-state index contributed by atoms with van der Waals surface area (Å²) in [4.78, 5) is 11.8. The van der Waals surface area contributed by atoms with Gasteiger partial charge in [-0.05, 0) is 57.3 Å². The van der Waals surface area contributed by atoms with E-state index in [0.717, 1.165) is 11.8 Å². The minimum absolute atomic E-state index is 0.0298. The molecule has 2 aliphatic carbocycles. The van der Waals surface area contributed by atoms with Crippen LogP contribution in [0.2, 0.25) is 0 Å². The highest BCUT2D eigenvalue weighted by molar-refractivity contribution is 5.74. The van der Waals surface area contributed by atoms with Crippen molar-refractivity contribution in [3.05, 3.63) is 0 Å². The molecule has 4 heteroatoms. The van der Waals surface area contributed by atoms with E-state index in [-0.39, 0.29) is 24.7 Å². The summed E-state index contributed by atoms with van der Waals surface area (Å²) in [6, 6.07) is 0.204. The Kier molecular flexibility index (Phi) is 4.49. The Morgan fingerprint density at radius 3 is 2.61 bits per heavy atom. The van der Waals surface area contributed by atoms with E-state index in [1.807, 2.05) is 6.92 Å². The SMILES string of the molecule is CC(NC(=O)N[C@H](C)CCO)C1CC2CCC1C2. The zero-order valence-electron chi connectivity index (χ0n) is 11.5. The van der Waals surface area contributed by atoms with E-state index >= 15 is 0 Å². The second kappa shape index (κ2) is 5.91. The molecule has 0 aromatic rings. The lowest BCUT2D eigenvalue weighted by atomic mass is 9.84. The number of hydrogen-bond donors (Lipinski definition) is 3. The van der Waals surface area contributed by atoms with Gasteiger partial charge in [0, 0.05) is 18.7 Å². The van der Waals surface area contributed by atoms with Crippen LogP contribution in [-0.2, 0) is 0 Å². The molecule has 0 aliphatic heterocycles. The second-order valence-electron chi connectivity index (χ2n) is 6.16. The molecule has 0 aromatic heterocycles. The third-order valence-corrected chi connectivity index (χ3v) is 4.73. The number of rotatable bonds is 5. The maximum Gasteiger partial charge on any atom is 0.315 e. The summed E-state index contributed by atoms with van der Waals surface area (Å²) in [5.74, 6) is 2.42. The van der Waals surface area contributed by atoms with Gasteiger partial charge in [0.1, 0.15) is 0 Å². The standard InChI is InChI=1S/C14H26N2O2/c1-9(5-6-17)15-14(18)16-10(2)13-8-11-3-4-12(13)7-11/h9-13,17H,3-8H2,1-2H3,(H2,15,16,18)/t9-,10?,11?,12?,13?/m1/s1. The molecule has 18 heavy (non-hydrogen) atoms. The highest BCUT2D eigenvalue weighted by Crippen LogP contribution is 2.49. The van der Waals surface area contributed by atoms with Crippen LogP contribution < -0.4 is 10.6 Å². The van der Waals surface area contributed by atoms with Crippen molar-refractivity contribution in [1.29, 1.82) is 0 Å². The van der Waals surface area contributed by atoms with Crippen LogP contribution in [0.15, 0.2) is 0 Å². The van der Waals surface area contributed by atoms with Crippen LogP contribution >= 0.6 is 0 Å². The van der Waals surface area contributed by atoms with Crippen LogP contribution in [-0.4, -0.2) is 29.8 Å². The first-order valence-corrected chi connectivity index (χ1v) is 7.28. The summed E-state index contributed by atoms with van der Waals surface area (Å²) >= 11 is 0. The van der Waals surface area contributed by atoms with Crippen LogP contribution in [0.3, 0.4) is 0 Å². The molecular weight excluding hydrogens is 228 g/mol. The summed E-state index contributed by atoms with van der Waals surface area (Å²) in [6.07, 6.45) is 6.02. The lowest BCUT2D eigenvalue weighted by Gasteiger charge is -2.29. The molecule has 2 rings (SSSR count). The van der Waals surface area contributed by atoms with Gasteiger partial charge in [0.05, 0.1) is 0 Å². The molecule has 0 aromatic carbocycles. The van der Waals surface area contributed by atoms with E-state index in [0.29, 0.717) is 12.3 Å². The van der Waals surface area contributed by atoms with Crippen LogP contribution in [0, 0.1) is 17.8 Å². The molecule has 2 amide bonds. The quantitative estimate of drug-likeness (QED) is 0.701. The van der Waals surface area contributed by atoms with Crippen LogP contribution in [0.5, 0.6) is 0 Å². The van der Waals surface area contributed by atoms with Crippen molar-refractivity contribution < 1.29 is 9.90 Å². The molecule has 104 valence electrons. The average molecular weight is 254 g/mol. The smallest absolute Gasteiger partial charge is 0.315 e. The molecule has 4 nitrogen and oxygen atoms in total. The van der Waals surface area contributed by atoms with E-state index in [2.05, 4.69) is 17.6 Å². The average Bonchev–Trinajstić information content (AvgIpc) is 2.90. The van der Waals surface area contributed by atoms with Gasteiger partial charge >= 0.3 is 6.03 Å². The topological polar surface area (TPSA) is 61.4 Å². The molecule has 5 atom stereocenters. The predicted octanol–water partition coefficient (Wildman–Crippen LogP) is 1.88. The van der Waals surface area contributed by atoms with Gasteiger partial charge in [0.25, 0.3) is 0 Å². The van der Waals surface area contributed by atoms with Gasteiger partial charge in [-0.1, -0.05) is 6.42 Å². The Morgan fingerprint density at radius 2 is 2.06 bits per heavy atom. The molecule has 2 saturated carbocycles. The summed E-state index contributed by atoms with van der Waals surface area (Å²) < 4.78 is 0. The fourth-order valence-electron chi connectivity index (χ4n) is 3.75. The van der Waals surface area contributed by atoms with Crippen LogP contribution in [0.1, 0.15) is 46.0 Å². The lowest BCUT2D eigenvalue weighted by Crippen LogP contribution is -2.47. The molecule has 0 spiro atoms. The Morgan fingerprint density at radius 1 is 1.28 bits per heavy atom. The maximum atomic E-state index is 11.8. The van der Waals surface area contributed by atoms with E-state index in [1.165, 1.54) is 25.7 Å². The zero-order valence-corrected chi connectivity index (χ0v) is 11.5. The van der Waals surface area contributed by atoms with Crippen molar-refractivity contribution in [2.45, 2.75) is 58.0 Å². The number of aliphatic hydroxyl groups is 1. The van der Waals surface area contributed by atoms with Crippen molar-refractivity contribution >= 4 is 6.03 Å². The first kappa shape index (κ1) is 13.7. The number of carbonyl (C=O) groups excluding carboxylic acids is 1. The number of urea groups is 1. The third kappa shape index (κ3) is 3.16. The third-order valence-electron chi connectivity index (χ3n) is 4.73. The minimum atomic E-state index is -0.0915. The van der Waals surface area contributed by atoms with E-state index < -0.39 is 0 Å². The van der Waals surface area contributed by atoms with Crippen LogP contribution in [0.25, 0.3) is 0 Å². The number of fused-ring (bicyclic) bond motifs is 2. The largest absolute Gasteiger partial charge is 0.396 e. The highest BCUT2D eigenvalue weighted by Gasteiger charge is 2.42. The van der Waals surface area contributed by atoms with Crippen LogP contribution in [0.4, 0.5) is 4.79 Å². The van der Waals surface area contributed by atoms with E-state index in [9.17, 15) is 4.79 Å². The lowest BCUT2D eigenvalue weighted by molar-refractivity contribution is 0.213. The highest BCUT2D eigenvalue weighted by atomic mass is 16.3. The molecule has 2 fully saturated rings. The van der Waals surface area contributed by atoms with Crippen molar-refractivity contribution in [2.75, 3.05) is 6.61 Å². The summed E-state index contributed by atoms with van der Waals surface area (Å²) in [6.45, 7) is 4.16. The minimum Gasteiger partial charge on any atom is -0.396 e. The monoisotopic (exact) mass is 254 g/mol. The van der Waals surface area contributed by atoms with Gasteiger partial charge in [-0.3, -0.25) is 0 Å². The second-order valence-corrected chi connectivity index (χ2v) is 6.16. The fourth-order valence-corrected chi connectivity index (χ4v) is 3.75. The van der Waals surface area contributed by atoms with Gasteiger partial charge in [0.15, 0.2) is 0 Å². The maximum absolute atomic E-state index is 11.8. The predicted molar refractivity (Wildman–Crippen MR) is 71.2 cm³/mol. The van der Waals surface area contributed by atoms with Gasteiger partial charge in [-0.15, -0.1) is 0 Å². The molecule has 2 aliphatic rings. The molecule has 3 N–H and O–H groups in total. The Balaban J connectivity index is 1.73. The van der Waals surface area contributed by atoms with Crippen molar-refractivity contribution in [2.24, 2.45) is 17.8 Å². The van der Waals surface area contributed by atoms with E-state index in [1.54, 1.807) is 0 Å². The first-order chi connectivity index (χ1) is 8.60. The molecule has 2 bridgehead atoms. The Bertz CT molecular complexity index is 296. The molecule has 0 saturated heterocycles. The normalized spacial score (nSPS) is 33.2. The first-order valence-electron chi connectivity index (χ1n) is 7.28. The number of carbonyl (C=O) groups is 1. The fraction of sp³-hybridized carbons (Fsp3) is 0.929. The van der Waals surface area contributed by atoms with Gasteiger partial charge in [-0.25, -0.2) is 4.79 Å². The Hall–Kier alpha value is -0.770. The summed E-state index contributed by atoms with van der Waals surface area (Å²) in [5, 5.41) is 14.7. The number of nitrogens with one attached hydrogen (secondary N) is 2. The number of amides is 2. The van der Waals surface area contributed by atoms with Gasteiger partial charge < -0.3 is 15.7 Å². The number of hydrogen-bond acceptors (Lipinski definition) is 2. The molecule has 0 heterocycles. The summed E-state index contributed by atoms with van der Waals surface area (Å²) in [5.41, 5.74) is 0.